The molecule has 0 fully saturated rings. The molecule has 0 aliphatic rings. The summed E-state index contributed by atoms with van der Waals surface area (Å²) in [5.74, 6) is 0. The maximum atomic E-state index is 6.04. The number of halogens is 1. The van der Waals surface area contributed by atoms with E-state index in [1.54, 1.807) is 0 Å². The summed E-state index contributed by atoms with van der Waals surface area (Å²) < 4.78 is 0. The molecule has 1 atom stereocenters. The summed E-state index contributed by atoms with van der Waals surface area (Å²) in [6.07, 6.45) is 0.969. The summed E-state index contributed by atoms with van der Waals surface area (Å²) >= 11 is 0. The Hall–Kier alpha value is -0.530. The molecule has 1 unspecified atom stereocenters. The van der Waals surface area contributed by atoms with Crippen LogP contribution in [0.4, 0.5) is 0 Å². The quantitative estimate of drug-likeness (QED) is 0.754. The Morgan fingerprint density at radius 1 is 1.25 bits per heavy atom. The maximum absolute atomic E-state index is 6.04. The highest BCUT2D eigenvalue weighted by Gasteiger charge is 2.16. The van der Waals surface area contributed by atoms with E-state index >= 15 is 0 Å². The summed E-state index contributed by atoms with van der Waals surface area (Å²) in [6.45, 7) is 4.16. The first-order valence-electron chi connectivity index (χ1n) is 4.01. The van der Waals surface area contributed by atoms with E-state index in [0.29, 0.717) is 0 Å². The molecule has 1 aromatic carbocycles. The summed E-state index contributed by atoms with van der Waals surface area (Å²) in [5.41, 5.74) is 7.08. The van der Waals surface area contributed by atoms with Crippen molar-refractivity contribution in [1.82, 2.24) is 0 Å². The zero-order valence-electron chi connectivity index (χ0n) is 7.58. The number of hydrogen-bond donors (Lipinski definition) is 1. The zero-order chi connectivity index (χ0) is 8.32. The molecule has 2 heteroatoms. The second kappa shape index (κ2) is 4.48. The molecular formula is C10H16ClN. The molecule has 1 nitrogen and oxygen atoms in total. The Kier molecular flexibility index (Phi) is 4.29. The van der Waals surface area contributed by atoms with Gasteiger partial charge in [-0.2, -0.15) is 0 Å². The molecule has 68 valence electrons. The summed E-state index contributed by atoms with van der Waals surface area (Å²) in [6, 6.07) is 10.2. The van der Waals surface area contributed by atoms with Crippen molar-refractivity contribution in [3.63, 3.8) is 0 Å². The lowest BCUT2D eigenvalue weighted by Crippen LogP contribution is -2.31. The average Bonchev–Trinajstić information content (AvgIpc) is 2.06. The highest BCUT2D eigenvalue weighted by atomic mass is 35.5. The first kappa shape index (κ1) is 11.5. The van der Waals surface area contributed by atoms with Gasteiger partial charge in [-0.1, -0.05) is 37.3 Å². The molecule has 0 amide bonds. The van der Waals surface area contributed by atoms with Crippen LogP contribution in [0.5, 0.6) is 0 Å². The Morgan fingerprint density at radius 3 is 2.17 bits per heavy atom. The maximum Gasteiger partial charge on any atom is 0.0378 e. The molecule has 0 heterocycles. The molecule has 0 aliphatic carbocycles. The predicted molar refractivity (Wildman–Crippen MR) is 55.5 cm³/mol. The van der Waals surface area contributed by atoms with E-state index in [2.05, 4.69) is 26.0 Å². The lowest BCUT2D eigenvalue weighted by atomic mass is 9.91. The molecule has 0 saturated heterocycles. The van der Waals surface area contributed by atoms with Gasteiger partial charge in [0.05, 0.1) is 0 Å². The van der Waals surface area contributed by atoms with Crippen molar-refractivity contribution in [1.29, 1.82) is 0 Å². The monoisotopic (exact) mass is 185 g/mol. The first-order chi connectivity index (χ1) is 5.17. The lowest BCUT2D eigenvalue weighted by molar-refractivity contribution is 0.476. The van der Waals surface area contributed by atoms with Crippen molar-refractivity contribution >= 4 is 12.4 Å². The largest absolute Gasteiger partial charge is 0.322 e. The fraction of sp³-hybridized carbons (Fsp3) is 0.400. The molecule has 0 aromatic heterocycles. The number of nitrogens with two attached hydrogens (primary N) is 1. The predicted octanol–water partition coefficient (Wildman–Crippen LogP) is 2.69. The normalized spacial score (nSPS) is 14.6. The van der Waals surface area contributed by atoms with E-state index in [0.717, 1.165) is 6.42 Å². The van der Waals surface area contributed by atoms with Gasteiger partial charge in [-0.05, 0) is 18.9 Å². The van der Waals surface area contributed by atoms with Gasteiger partial charge in [-0.15, -0.1) is 12.4 Å². The minimum absolute atomic E-state index is 0. The van der Waals surface area contributed by atoms with Gasteiger partial charge in [-0.3, -0.25) is 0 Å². The van der Waals surface area contributed by atoms with Crippen molar-refractivity contribution in [3.8, 4) is 0 Å². The van der Waals surface area contributed by atoms with E-state index in [9.17, 15) is 0 Å². The number of benzene rings is 1. The molecule has 0 saturated carbocycles. The van der Waals surface area contributed by atoms with E-state index < -0.39 is 0 Å². The second-order valence-electron chi connectivity index (χ2n) is 3.14. The van der Waals surface area contributed by atoms with Crippen LogP contribution in [0.3, 0.4) is 0 Å². The van der Waals surface area contributed by atoms with Gasteiger partial charge in [0, 0.05) is 5.54 Å². The lowest BCUT2D eigenvalue weighted by Gasteiger charge is -2.22. The smallest absolute Gasteiger partial charge is 0.0378 e. The number of rotatable bonds is 2. The van der Waals surface area contributed by atoms with Gasteiger partial charge in [0.1, 0.15) is 0 Å². The van der Waals surface area contributed by atoms with Crippen molar-refractivity contribution in [3.05, 3.63) is 35.9 Å². The summed E-state index contributed by atoms with van der Waals surface area (Å²) in [5, 5.41) is 0. The molecule has 0 aliphatic heterocycles. The zero-order valence-corrected chi connectivity index (χ0v) is 8.40. The molecule has 0 radical (unpaired) electrons. The Bertz CT molecular complexity index is 219. The third-order valence-electron chi connectivity index (χ3n) is 2.17. The molecule has 1 aromatic rings. The summed E-state index contributed by atoms with van der Waals surface area (Å²) in [4.78, 5) is 0. The topological polar surface area (TPSA) is 26.0 Å². The standard InChI is InChI=1S/C10H15N.ClH/c1-3-10(2,11)9-7-5-4-6-8-9;/h4-8H,3,11H2,1-2H3;1H. The SMILES string of the molecule is CCC(C)(N)c1ccccc1.Cl. The van der Waals surface area contributed by atoms with Crippen LogP contribution in [0.2, 0.25) is 0 Å². The fourth-order valence-electron chi connectivity index (χ4n) is 1.02. The van der Waals surface area contributed by atoms with Gasteiger partial charge in [0.15, 0.2) is 0 Å². The van der Waals surface area contributed by atoms with E-state index in [4.69, 9.17) is 5.73 Å². The van der Waals surface area contributed by atoms with Crippen LogP contribution in [0, 0.1) is 0 Å². The van der Waals surface area contributed by atoms with Crippen LogP contribution < -0.4 is 5.73 Å². The third kappa shape index (κ3) is 2.50. The van der Waals surface area contributed by atoms with E-state index in [1.807, 2.05) is 18.2 Å². The highest BCUT2D eigenvalue weighted by molar-refractivity contribution is 5.85. The van der Waals surface area contributed by atoms with Crippen LogP contribution in [0.15, 0.2) is 30.3 Å². The van der Waals surface area contributed by atoms with Gasteiger partial charge < -0.3 is 5.73 Å². The van der Waals surface area contributed by atoms with Gasteiger partial charge in [-0.25, -0.2) is 0 Å². The Labute approximate surface area is 80.4 Å². The van der Waals surface area contributed by atoms with Crippen molar-refractivity contribution in [2.24, 2.45) is 5.73 Å². The molecule has 12 heavy (non-hydrogen) atoms. The van der Waals surface area contributed by atoms with Gasteiger partial charge in [0.2, 0.25) is 0 Å². The average molecular weight is 186 g/mol. The minimum atomic E-state index is -0.165. The second-order valence-corrected chi connectivity index (χ2v) is 3.14. The van der Waals surface area contributed by atoms with Crippen molar-refractivity contribution in [2.75, 3.05) is 0 Å². The molecular weight excluding hydrogens is 170 g/mol. The molecule has 1 rings (SSSR count). The molecule has 0 spiro atoms. The van der Waals surface area contributed by atoms with Crippen molar-refractivity contribution < 1.29 is 0 Å². The molecule has 0 bridgehead atoms. The third-order valence-corrected chi connectivity index (χ3v) is 2.17. The summed E-state index contributed by atoms with van der Waals surface area (Å²) in [7, 11) is 0. The van der Waals surface area contributed by atoms with E-state index in [-0.39, 0.29) is 17.9 Å². The van der Waals surface area contributed by atoms with Crippen LogP contribution in [-0.4, -0.2) is 0 Å². The first-order valence-corrected chi connectivity index (χ1v) is 4.01. The Morgan fingerprint density at radius 2 is 1.75 bits per heavy atom. The Balaban J connectivity index is 0.00000121. The van der Waals surface area contributed by atoms with Gasteiger partial charge in [0.25, 0.3) is 0 Å². The minimum Gasteiger partial charge on any atom is -0.322 e. The van der Waals surface area contributed by atoms with Crippen LogP contribution in [-0.2, 0) is 5.54 Å². The van der Waals surface area contributed by atoms with E-state index in [1.165, 1.54) is 5.56 Å². The molecule has 2 N–H and O–H groups in total. The highest BCUT2D eigenvalue weighted by Crippen LogP contribution is 2.19. The van der Waals surface area contributed by atoms with Gasteiger partial charge >= 0.3 is 0 Å². The fourth-order valence-corrected chi connectivity index (χ4v) is 1.02. The van der Waals surface area contributed by atoms with Crippen LogP contribution in [0.1, 0.15) is 25.8 Å². The number of hydrogen-bond acceptors (Lipinski definition) is 1. The van der Waals surface area contributed by atoms with Crippen LogP contribution in [0.25, 0.3) is 0 Å². The van der Waals surface area contributed by atoms with Crippen molar-refractivity contribution in [2.45, 2.75) is 25.8 Å². The van der Waals surface area contributed by atoms with Crippen LogP contribution >= 0.6 is 12.4 Å².